The van der Waals surface area contributed by atoms with Crippen LogP contribution in [0, 0.1) is 0 Å². The Bertz CT molecular complexity index is 602. The number of benzene rings is 1. The molecule has 2 rings (SSSR count). The lowest BCUT2D eigenvalue weighted by atomic mass is 10.3. The maximum Gasteiger partial charge on any atom is 0.247 e. The van der Waals surface area contributed by atoms with Gasteiger partial charge >= 0.3 is 0 Å². The lowest BCUT2D eigenvalue weighted by Gasteiger charge is -2.22. The normalized spacial score (nSPS) is 15.6. The number of aliphatic hydroxyl groups excluding tert-OH is 1. The molecule has 1 aliphatic rings. The molecule has 0 heterocycles. The highest BCUT2D eigenvalue weighted by molar-refractivity contribution is 9.10. The molecule has 112 valence electrons. The minimum Gasteiger partial charge on any atom is -0.495 e. The van der Waals surface area contributed by atoms with E-state index in [-0.39, 0.29) is 29.8 Å². The fourth-order valence-corrected chi connectivity index (χ4v) is 4.17. The second-order valence-corrected chi connectivity index (χ2v) is 7.31. The lowest BCUT2D eigenvalue weighted by Crippen LogP contribution is -2.35. The zero-order valence-corrected chi connectivity index (χ0v) is 13.4. The van der Waals surface area contributed by atoms with Crippen LogP contribution in [0.2, 0.25) is 0 Å². The summed E-state index contributed by atoms with van der Waals surface area (Å²) >= 11 is 3.24. The number of aliphatic hydroxyl groups is 1. The van der Waals surface area contributed by atoms with Gasteiger partial charge in [-0.15, -0.1) is 0 Å². The Morgan fingerprint density at radius 3 is 2.65 bits per heavy atom. The molecule has 8 heteroatoms. The van der Waals surface area contributed by atoms with Gasteiger partial charge in [0.2, 0.25) is 10.0 Å². The number of nitrogens with two attached hydrogens (primary N) is 1. The predicted octanol–water partition coefficient (Wildman–Crippen LogP) is 1.19. The van der Waals surface area contributed by atoms with Gasteiger partial charge in [0, 0.05) is 22.7 Å². The van der Waals surface area contributed by atoms with Crippen LogP contribution in [0.15, 0.2) is 21.5 Å². The van der Waals surface area contributed by atoms with Gasteiger partial charge in [-0.2, -0.15) is 4.31 Å². The molecular weight excluding hydrogens is 348 g/mol. The summed E-state index contributed by atoms with van der Waals surface area (Å²) in [5.41, 5.74) is 6.10. The SMILES string of the molecule is COc1cc(Br)c(N)cc1S(=O)(=O)N(CCO)C1CC1. The minimum atomic E-state index is -3.73. The predicted molar refractivity (Wildman–Crippen MR) is 79.1 cm³/mol. The van der Waals surface area contributed by atoms with Gasteiger partial charge in [-0.1, -0.05) is 0 Å². The molecule has 0 bridgehead atoms. The molecule has 0 spiro atoms. The second kappa shape index (κ2) is 5.88. The van der Waals surface area contributed by atoms with Crippen molar-refractivity contribution in [1.29, 1.82) is 0 Å². The van der Waals surface area contributed by atoms with Crippen molar-refractivity contribution in [3.63, 3.8) is 0 Å². The third-order valence-electron chi connectivity index (χ3n) is 3.14. The van der Waals surface area contributed by atoms with Crippen molar-refractivity contribution in [2.75, 3.05) is 26.0 Å². The monoisotopic (exact) mass is 364 g/mol. The molecule has 6 nitrogen and oxygen atoms in total. The van der Waals surface area contributed by atoms with Crippen molar-refractivity contribution in [2.45, 2.75) is 23.8 Å². The summed E-state index contributed by atoms with van der Waals surface area (Å²) in [6.45, 7) is -0.143. The highest BCUT2D eigenvalue weighted by atomic mass is 79.9. The molecular formula is C12H17BrN2O4S. The largest absolute Gasteiger partial charge is 0.495 e. The summed E-state index contributed by atoms with van der Waals surface area (Å²) in [6.07, 6.45) is 1.63. The van der Waals surface area contributed by atoms with E-state index in [1.165, 1.54) is 23.5 Å². The molecule has 0 saturated heterocycles. The highest BCUT2D eigenvalue weighted by Crippen LogP contribution is 2.37. The van der Waals surface area contributed by atoms with Gasteiger partial charge < -0.3 is 15.6 Å². The summed E-state index contributed by atoms with van der Waals surface area (Å²) in [5.74, 6) is 0.231. The van der Waals surface area contributed by atoms with Crippen LogP contribution in [-0.4, -0.2) is 44.1 Å². The summed E-state index contributed by atoms with van der Waals surface area (Å²) in [6, 6.07) is 2.87. The Labute approximate surface area is 126 Å². The molecule has 3 N–H and O–H groups in total. The van der Waals surface area contributed by atoms with Crippen LogP contribution >= 0.6 is 15.9 Å². The zero-order chi connectivity index (χ0) is 14.9. The van der Waals surface area contributed by atoms with Crippen LogP contribution in [0.3, 0.4) is 0 Å². The van der Waals surface area contributed by atoms with Crippen LogP contribution < -0.4 is 10.5 Å². The number of sulfonamides is 1. The number of anilines is 1. The van der Waals surface area contributed by atoms with Gasteiger partial charge in [0.15, 0.2) is 0 Å². The zero-order valence-electron chi connectivity index (χ0n) is 11.0. The van der Waals surface area contributed by atoms with Gasteiger partial charge in [0.1, 0.15) is 10.6 Å². The molecule has 20 heavy (non-hydrogen) atoms. The molecule has 1 saturated carbocycles. The van der Waals surface area contributed by atoms with E-state index >= 15 is 0 Å². The topological polar surface area (TPSA) is 92.9 Å². The van der Waals surface area contributed by atoms with Crippen LogP contribution in [0.25, 0.3) is 0 Å². The van der Waals surface area contributed by atoms with E-state index in [1.54, 1.807) is 0 Å². The van der Waals surface area contributed by atoms with E-state index < -0.39 is 10.0 Å². The Hall–Kier alpha value is -0.830. The van der Waals surface area contributed by atoms with Crippen molar-refractivity contribution in [3.8, 4) is 5.75 Å². The quantitative estimate of drug-likeness (QED) is 0.739. The first-order valence-corrected chi connectivity index (χ1v) is 8.40. The van der Waals surface area contributed by atoms with Gasteiger partial charge in [-0.3, -0.25) is 0 Å². The first kappa shape index (κ1) is 15.6. The van der Waals surface area contributed by atoms with E-state index in [2.05, 4.69) is 15.9 Å². The Balaban J connectivity index is 2.49. The number of rotatable bonds is 6. The van der Waals surface area contributed by atoms with E-state index in [4.69, 9.17) is 15.6 Å². The average molecular weight is 365 g/mol. The third kappa shape index (κ3) is 2.93. The Morgan fingerprint density at radius 1 is 1.50 bits per heavy atom. The standard InChI is InChI=1S/C12H17BrN2O4S/c1-19-11-6-9(13)10(14)7-12(11)20(17,18)15(4-5-16)8-2-3-8/h6-8,16H,2-5,14H2,1H3. The second-order valence-electron chi connectivity index (χ2n) is 4.60. The fraction of sp³-hybridized carbons (Fsp3) is 0.500. The number of nitrogen functional groups attached to an aromatic ring is 1. The van der Waals surface area contributed by atoms with Crippen LogP contribution in [-0.2, 0) is 10.0 Å². The lowest BCUT2D eigenvalue weighted by molar-refractivity contribution is 0.250. The molecule has 0 amide bonds. The van der Waals surface area contributed by atoms with E-state index in [0.717, 1.165) is 12.8 Å². The first-order valence-electron chi connectivity index (χ1n) is 6.17. The van der Waals surface area contributed by atoms with Gasteiger partial charge in [0.05, 0.1) is 13.7 Å². The molecule has 0 atom stereocenters. The number of halogens is 1. The summed E-state index contributed by atoms with van der Waals surface area (Å²) in [5, 5.41) is 9.08. The number of hydrogen-bond acceptors (Lipinski definition) is 5. The maximum absolute atomic E-state index is 12.7. The molecule has 0 aliphatic heterocycles. The number of nitrogens with zero attached hydrogens (tertiary/aromatic N) is 1. The van der Waals surface area contributed by atoms with Gasteiger partial charge in [0.25, 0.3) is 0 Å². The molecule has 0 unspecified atom stereocenters. The molecule has 1 aliphatic carbocycles. The Kier molecular flexibility index (Phi) is 4.58. The summed E-state index contributed by atoms with van der Waals surface area (Å²) in [4.78, 5) is 0.0288. The molecule has 1 aromatic rings. The number of hydrogen-bond donors (Lipinski definition) is 2. The maximum atomic E-state index is 12.7. The Morgan fingerprint density at radius 2 is 2.15 bits per heavy atom. The van der Waals surface area contributed by atoms with E-state index in [9.17, 15) is 8.42 Å². The number of methoxy groups -OCH3 is 1. The molecule has 0 aromatic heterocycles. The smallest absolute Gasteiger partial charge is 0.247 e. The summed E-state index contributed by atoms with van der Waals surface area (Å²) < 4.78 is 32.5. The minimum absolute atomic E-state index is 0.0288. The van der Waals surface area contributed by atoms with E-state index in [1.807, 2.05) is 0 Å². The van der Waals surface area contributed by atoms with Crippen LogP contribution in [0.1, 0.15) is 12.8 Å². The van der Waals surface area contributed by atoms with E-state index in [0.29, 0.717) is 10.2 Å². The molecule has 1 aromatic carbocycles. The van der Waals surface area contributed by atoms with Crippen molar-refractivity contribution < 1.29 is 18.3 Å². The fourth-order valence-electron chi connectivity index (χ4n) is 2.00. The van der Waals surface area contributed by atoms with Crippen LogP contribution in [0.5, 0.6) is 5.75 Å². The number of ether oxygens (including phenoxy) is 1. The summed E-state index contributed by atoms with van der Waals surface area (Å²) in [7, 11) is -2.33. The van der Waals surface area contributed by atoms with Crippen LogP contribution in [0.4, 0.5) is 5.69 Å². The van der Waals surface area contributed by atoms with Crippen molar-refractivity contribution >= 4 is 31.6 Å². The molecule has 0 radical (unpaired) electrons. The highest BCUT2D eigenvalue weighted by Gasteiger charge is 2.39. The van der Waals surface area contributed by atoms with Crippen molar-refractivity contribution in [2.24, 2.45) is 0 Å². The average Bonchev–Trinajstić information content (AvgIpc) is 3.22. The van der Waals surface area contributed by atoms with Gasteiger partial charge in [-0.05, 0) is 40.9 Å². The van der Waals surface area contributed by atoms with Crippen molar-refractivity contribution in [3.05, 3.63) is 16.6 Å². The van der Waals surface area contributed by atoms with Crippen molar-refractivity contribution in [1.82, 2.24) is 4.31 Å². The first-order chi connectivity index (χ1) is 9.41. The third-order valence-corrected chi connectivity index (χ3v) is 5.80. The van der Waals surface area contributed by atoms with Gasteiger partial charge in [-0.25, -0.2) is 8.42 Å². The molecule has 1 fully saturated rings.